The highest BCUT2D eigenvalue weighted by atomic mass is 32.1. The van der Waals surface area contributed by atoms with Crippen molar-refractivity contribution in [2.45, 2.75) is 31.1 Å². The molecule has 0 aliphatic heterocycles. The fourth-order valence-electron chi connectivity index (χ4n) is 1.14. The third-order valence-corrected chi connectivity index (χ3v) is 2.17. The minimum atomic E-state index is 0.234. The van der Waals surface area contributed by atoms with Crippen LogP contribution in [0.1, 0.15) is 26.3 Å². The first-order chi connectivity index (χ1) is 5.02. The average molecular weight is 167 g/mol. The second kappa shape index (κ2) is 2.90. The van der Waals surface area contributed by atoms with Crippen molar-refractivity contribution >= 4 is 12.6 Å². The summed E-state index contributed by atoms with van der Waals surface area (Å²) >= 11 is 3.58. The Morgan fingerprint density at radius 1 is 1.09 bits per heavy atom. The minimum absolute atomic E-state index is 0.234. The van der Waals surface area contributed by atoms with Gasteiger partial charge in [-0.05, 0) is 24.1 Å². The zero-order chi connectivity index (χ0) is 8.48. The van der Waals surface area contributed by atoms with Gasteiger partial charge in [-0.3, -0.25) is 0 Å². The molecule has 60 valence electrons. The molecule has 1 rings (SSSR count). The highest BCUT2D eigenvalue weighted by Gasteiger charge is 2.17. The van der Waals surface area contributed by atoms with E-state index in [4.69, 9.17) is 0 Å². The van der Waals surface area contributed by atoms with Crippen molar-refractivity contribution in [2.75, 3.05) is 0 Å². The fourth-order valence-corrected chi connectivity index (χ4v) is 1.69. The molecule has 0 heterocycles. The average Bonchev–Trinajstić information content (AvgIpc) is 1.86. The lowest BCUT2D eigenvalue weighted by Crippen LogP contribution is -2.12. The zero-order valence-corrected chi connectivity index (χ0v) is 8.31. The zero-order valence-electron chi connectivity index (χ0n) is 7.31. The Morgan fingerprint density at radius 3 is 2.00 bits per heavy atom. The normalized spacial score (nSPS) is 11.6. The molecule has 0 atom stereocenters. The Balaban J connectivity index is 3.14. The minimum Gasteiger partial charge on any atom is -0.0616 e. The Hall–Kier alpha value is -0.430. The van der Waals surface area contributed by atoms with Gasteiger partial charge in [0.05, 0.1) is 0 Å². The van der Waals surface area contributed by atoms with Gasteiger partial charge < -0.3 is 0 Å². The second-order valence-corrected chi connectivity index (χ2v) is 4.33. The van der Waals surface area contributed by atoms with Crippen LogP contribution in [0.5, 0.6) is 0 Å². The van der Waals surface area contributed by atoms with E-state index in [1.54, 1.807) is 0 Å². The Kier molecular flexibility index (Phi) is 2.28. The maximum absolute atomic E-state index is 3.58. The molecule has 0 aliphatic carbocycles. The van der Waals surface area contributed by atoms with E-state index in [9.17, 15) is 0 Å². The monoisotopic (exact) mass is 167 g/mol. The summed E-state index contributed by atoms with van der Waals surface area (Å²) in [7, 11) is 0. The predicted molar refractivity (Wildman–Crippen MR) is 53.6 cm³/mol. The smallest absolute Gasteiger partial charge is 0.0616 e. The van der Waals surface area contributed by atoms with Crippen molar-refractivity contribution in [2.24, 2.45) is 0 Å². The summed E-state index contributed by atoms with van der Waals surface area (Å²) in [6, 6.07) is 8.35. The first-order valence-corrected chi connectivity index (χ1v) is 4.33. The van der Waals surface area contributed by atoms with Crippen molar-refractivity contribution in [3.05, 3.63) is 29.8 Å². The van der Waals surface area contributed by atoms with Gasteiger partial charge in [-0.1, -0.05) is 39.0 Å². The summed E-state index contributed by atoms with van der Waals surface area (Å²) < 4.78 is 0. The molecule has 0 aliphatic rings. The van der Waals surface area contributed by atoms with Gasteiger partial charge in [0.15, 0.2) is 4.90 Å². The van der Waals surface area contributed by atoms with Crippen LogP contribution in [0, 0.1) is 0 Å². The van der Waals surface area contributed by atoms with E-state index in [1.807, 2.05) is 6.07 Å². The molecule has 1 aromatic rings. The lowest BCUT2D eigenvalue weighted by atomic mass is 9.87. The van der Waals surface area contributed by atoms with E-state index >= 15 is 0 Å². The number of hydrogen-bond acceptors (Lipinski definition) is 0. The van der Waals surface area contributed by atoms with Gasteiger partial charge >= 0.3 is 0 Å². The van der Waals surface area contributed by atoms with E-state index in [0.29, 0.717) is 0 Å². The predicted octanol–water partition coefficient (Wildman–Crippen LogP) is 2.35. The SMILES string of the molecule is CC(C)(C)c1ccccc1[SH2+]. The van der Waals surface area contributed by atoms with Gasteiger partial charge in [-0.25, -0.2) is 0 Å². The molecule has 0 amide bonds. The summed E-state index contributed by atoms with van der Waals surface area (Å²) in [4.78, 5) is 1.19. The van der Waals surface area contributed by atoms with E-state index < -0.39 is 0 Å². The molecule has 0 radical (unpaired) electrons. The molecular weight excluding hydrogens is 152 g/mol. The van der Waals surface area contributed by atoms with Crippen molar-refractivity contribution in [3.8, 4) is 0 Å². The molecule has 0 nitrogen and oxygen atoms in total. The fraction of sp³-hybridized carbons (Fsp3) is 0.400. The Morgan fingerprint density at radius 2 is 1.64 bits per heavy atom. The van der Waals surface area contributed by atoms with E-state index in [2.05, 4.69) is 51.6 Å². The van der Waals surface area contributed by atoms with E-state index in [1.165, 1.54) is 10.5 Å². The van der Waals surface area contributed by atoms with Crippen LogP contribution in [-0.4, -0.2) is 0 Å². The lowest BCUT2D eigenvalue weighted by Gasteiger charge is -2.18. The second-order valence-electron chi connectivity index (χ2n) is 3.80. The Bertz CT molecular complexity index is 245. The summed E-state index contributed by atoms with van der Waals surface area (Å²) in [5, 5.41) is 0. The van der Waals surface area contributed by atoms with Gasteiger partial charge in [0.1, 0.15) is 0 Å². The quantitative estimate of drug-likeness (QED) is 0.520. The summed E-state index contributed by atoms with van der Waals surface area (Å²) in [6.07, 6.45) is 0. The van der Waals surface area contributed by atoms with Crippen molar-refractivity contribution in [1.29, 1.82) is 0 Å². The molecule has 0 spiro atoms. The van der Waals surface area contributed by atoms with Crippen LogP contribution in [-0.2, 0) is 18.0 Å². The van der Waals surface area contributed by atoms with Gasteiger partial charge in [-0.15, -0.1) is 0 Å². The van der Waals surface area contributed by atoms with Crippen LogP contribution in [0.15, 0.2) is 29.2 Å². The van der Waals surface area contributed by atoms with Gasteiger partial charge in [0.25, 0.3) is 0 Å². The topological polar surface area (TPSA) is 0 Å². The largest absolute Gasteiger partial charge is 0.154 e. The van der Waals surface area contributed by atoms with Gasteiger partial charge in [0.2, 0.25) is 0 Å². The van der Waals surface area contributed by atoms with Crippen LogP contribution in [0.3, 0.4) is 0 Å². The molecule has 0 saturated heterocycles. The highest BCUT2D eigenvalue weighted by Crippen LogP contribution is 2.24. The van der Waals surface area contributed by atoms with Crippen LogP contribution >= 0.6 is 0 Å². The maximum atomic E-state index is 3.58. The van der Waals surface area contributed by atoms with Gasteiger partial charge in [0, 0.05) is 5.56 Å². The van der Waals surface area contributed by atoms with E-state index in [0.717, 1.165) is 0 Å². The molecule has 0 bridgehead atoms. The van der Waals surface area contributed by atoms with Crippen LogP contribution in [0.2, 0.25) is 0 Å². The molecule has 1 aromatic carbocycles. The van der Waals surface area contributed by atoms with Crippen molar-refractivity contribution in [3.63, 3.8) is 0 Å². The number of hydrogen-bond donors (Lipinski definition) is 0. The summed E-state index contributed by atoms with van der Waals surface area (Å²) in [5.41, 5.74) is 1.59. The molecular formula is C10H15S+. The third kappa shape index (κ3) is 2.00. The maximum Gasteiger partial charge on any atom is 0.154 e. The molecule has 0 fully saturated rings. The first kappa shape index (κ1) is 8.66. The molecule has 1 heteroatoms. The number of rotatable bonds is 0. The van der Waals surface area contributed by atoms with Gasteiger partial charge in [-0.2, -0.15) is 0 Å². The standard InChI is InChI=1S/C10H14S/c1-10(2,3)8-6-4-5-7-9(8)11/h4-7,11H,1-3H3/p+1. The summed E-state index contributed by atoms with van der Waals surface area (Å²) in [6.45, 7) is 6.64. The highest BCUT2D eigenvalue weighted by molar-refractivity contribution is 7.58. The molecule has 0 aromatic heterocycles. The van der Waals surface area contributed by atoms with Crippen molar-refractivity contribution in [1.82, 2.24) is 0 Å². The Labute approximate surface area is 74.0 Å². The third-order valence-electron chi connectivity index (χ3n) is 1.74. The first-order valence-electron chi connectivity index (χ1n) is 3.83. The molecule has 11 heavy (non-hydrogen) atoms. The summed E-state index contributed by atoms with van der Waals surface area (Å²) in [5.74, 6) is 0. The molecule has 0 N–H and O–H groups in total. The number of benzene rings is 1. The van der Waals surface area contributed by atoms with Crippen molar-refractivity contribution < 1.29 is 0 Å². The van der Waals surface area contributed by atoms with Crippen LogP contribution < -0.4 is 0 Å². The lowest BCUT2D eigenvalue weighted by molar-refractivity contribution is 0.578. The molecule has 0 saturated carbocycles. The van der Waals surface area contributed by atoms with E-state index in [-0.39, 0.29) is 5.41 Å². The molecule has 0 unspecified atom stereocenters. The van der Waals surface area contributed by atoms with Crippen LogP contribution in [0.25, 0.3) is 0 Å². The van der Waals surface area contributed by atoms with Crippen LogP contribution in [0.4, 0.5) is 0 Å².